The smallest absolute Gasteiger partial charge is 0.138 e. The zero-order valence-corrected chi connectivity index (χ0v) is 12.2. The maximum absolute atomic E-state index is 5.71. The normalized spacial score (nSPS) is 10.2. The van der Waals surface area contributed by atoms with Crippen molar-refractivity contribution in [1.82, 2.24) is 4.98 Å². The Labute approximate surface area is 130 Å². The molecule has 22 heavy (non-hydrogen) atoms. The standard InChI is InChI=1S/C19H17NO2/c1-3-7-16(8-4-1)14-21-19-12-11-17(20-13-19)15-22-18-9-5-2-6-10-18/h1-13H,14-15H2. The van der Waals surface area contributed by atoms with Crippen molar-refractivity contribution in [1.29, 1.82) is 0 Å². The highest BCUT2D eigenvalue weighted by molar-refractivity contribution is 5.23. The Morgan fingerprint density at radius 2 is 1.32 bits per heavy atom. The Morgan fingerprint density at radius 3 is 2.00 bits per heavy atom. The van der Waals surface area contributed by atoms with Gasteiger partial charge in [0.15, 0.2) is 0 Å². The number of para-hydroxylation sites is 1. The summed E-state index contributed by atoms with van der Waals surface area (Å²) in [5.41, 5.74) is 2.01. The van der Waals surface area contributed by atoms with Crippen LogP contribution in [0.3, 0.4) is 0 Å². The van der Waals surface area contributed by atoms with Crippen LogP contribution in [-0.4, -0.2) is 4.98 Å². The van der Waals surface area contributed by atoms with E-state index in [1.54, 1.807) is 6.20 Å². The third-order valence-corrected chi connectivity index (χ3v) is 3.18. The van der Waals surface area contributed by atoms with Gasteiger partial charge in [-0.3, -0.25) is 4.98 Å². The van der Waals surface area contributed by atoms with Crippen molar-refractivity contribution in [3.63, 3.8) is 0 Å². The van der Waals surface area contributed by atoms with E-state index in [2.05, 4.69) is 4.98 Å². The van der Waals surface area contributed by atoms with E-state index in [9.17, 15) is 0 Å². The van der Waals surface area contributed by atoms with Crippen LogP contribution in [0.1, 0.15) is 11.3 Å². The van der Waals surface area contributed by atoms with E-state index in [0.29, 0.717) is 13.2 Å². The lowest BCUT2D eigenvalue weighted by atomic mass is 10.2. The molecular formula is C19H17NO2. The number of ether oxygens (including phenoxy) is 2. The third kappa shape index (κ3) is 4.09. The fourth-order valence-electron chi connectivity index (χ4n) is 2.00. The molecule has 110 valence electrons. The molecule has 0 saturated carbocycles. The van der Waals surface area contributed by atoms with Gasteiger partial charge in [0.1, 0.15) is 24.7 Å². The third-order valence-electron chi connectivity index (χ3n) is 3.18. The molecule has 0 fully saturated rings. The van der Waals surface area contributed by atoms with E-state index in [0.717, 1.165) is 22.8 Å². The number of aromatic nitrogens is 1. The predicted octanol–water partition coefficient (Wildman–Crippen LogP) is 4.24. The van der Waals surface area contributed by atoms with Crippen LogP contribution in [0.4, 0.5) is 0 Å². The summed E-state index contributed by atoms with van der Waals surface area (Å²) in [5.74, 6) is 1.60. The summed E-state index contributed by atoms with van der Waals surface area (Å²) in [6.07, 6.45) is 1.73. The Bertz CT molecular complexity index is 619. The Hall–Kier alpha value is -2.81. The second-order valence-corrected chi connectivity index (χ2v) is 4.86. The van der Waals surface area contributed by atoms with Crippen molar-refractivity contribution in [3.05, 3.63) is 90.3 Å². The minimum atomic E-state index is 0.447. The number of pyridine rings is 1. The quantitative estimate of drug-likeness (QED) is 0.680. The molecule has 2 aromatic carbocycles. The second kappa shape index (κ2) is 7.27. The molecule has 0 radical (unpaired) electrons. The van der Waals surface area contributed by atoms with E-state index in [4.69, 9.17) is 9.47 Å². The first-order valence-electron chi connectivity index (χ1n) is 7.20. The zero-order valence-electron chi connectivity index (χ0n) is 12.2. The molecule has 0 aliphatic carbocycles. The Balaban J connectivity index is 1.52. The Kier molecular flexibility index (Phi) is 4.67. The van der Waals surface area contributed by atoms with E-state index >= 15 is 0 Å². The second-order valence-electron chi connectivity index (χ2n) is 4.86. The predicted molar refractivity (Wildman–Crippen MR) is 85.8 cm³/mol. The lowest BCUT2D eigenvalue weighted by molar-refractivity contribution is 0.295. The summed E-state index contributed by atoms with van der Waals surface area (Å²) in [4.78, 5) is 4.36. The molecule has 0 saturated heterocycles. The minimum Gasteiger partial charge on any atom is -0.487 e. The van der Waals surface area contributed by atoms with E-state index in [1.165, 1.54) is 0 Å². The zero-order chi connectivity index (χ0) is 15.0. The van der Waals surface area contributed by atoms with Crippen LogP contribution in [0.15, 0.2) is 79.0 Å². The number of rotatable bonds is 6. The van der Waals surface area contributed by atoms with Crippen LogP contribution >= 0.6 is 0 Å². The van der Waals surface area contributed by atoms with Gasteiger partial charge in [-0.15, -0.1) is 0 Å². The lowest BCUT2D eigenvalue weighted by Crippen LogP contribution is -1.99. The van der Waals surface area contributed by atoms with Gasteiger partial charge in [-0.1, -0.05) is 48.5 Å². The SMILES string of the molecule is c1ccc(COc2ccc(COc3ccccc3)nc2)cc1. The molecule has 3 rings (SSSR count). The molecule has 3 heteroatoms. The van der Waals surface area contributed by atoms with Gasteiger partial charge in [-0.2, -0.15) is 0 Å². The van der Waals surface area contributed by atoms with Crippen LogP contribution in [-0.2, 0) is 13.2 Å². The van der Waals surface area contributed by atoms with Gasteiger partial charge in [0.25, 0.3) is 0 Å². The van der Waals surface area contributed by atoms with Crippen LogP contribution in [0.2, 0.25) is 0 Å². The molecule has 0 aliphatic heterocycles. The van der Waals surface area contributed by atoms with Gasteiger partial charge < -0.3 is 9.47 Å². The highest BCUT2D eigenvalue weighted by atomic mass is 16.5. The number of benzene rings is 2. The van der Waals surface area contributed by atoms with Crippen LogP contribution < -0.4 is 9.47 Å². The van der Waals surface area contributed by atoms with Crippen molar-refractivity contribution < 1.29 is 9.47 Å². The van der Waals surface area contributed by atoms with Crippen molar-refractivity contribution in [3.8, 4) is 11.5 Å². The fourth-order valence-corrected chi connectivity index (χ4v) is 2.00. The topological polar surface area (TPSA) is 31.4 Å². The first-order chi connectivity index (χ1) is 10.9. The number of nitrogens with zero attached hydrogens (tertiary/aromatic N) is 1. The van der Waals surface area contributed by atoms with Gasteiger partial charge >= 0.3 is 0 Å². The molecule has 1 aromatic heterocycles. The molecule has 0 N–H and O–H groups in total. The molecule has 0 atom stereocenters. The van der Waals surface area contributed by atoms with Crippen molar-refractivity contribution in [2.45, 2.75) is 13.2 Å². The molecule has 0 spiro atoms. The average molecular weight is 291 g/mol. The van der Waals surface area contributed by atoms with Gasteiger partial charge in [0.2, 0.25) is 0 Å². The van der Waals surface area contributed by atoms with Gasteiger partial charge in [0, 0.05) is 0 Å². The van der Waals surface area contributed by atoms with Crippen LogP contribution in [0.5, 0.6) is 11.5 Å². The van der Waals surface area contributed by atoms with Gasteiger partial charge in [-0.05, 0) is 29.8 Å². The summed E-state index contributed by atoms with van der Waals surface area (Å²) >= 11 is 0. The van der Waals surface area contributed by atoms with Crippen LogP contribution in [0, 0.1) is 0 Å². The first-order valence-corrected chi connectivity index (χ1v) is 7.20. The van der Waals surface area contributed by atoms with E-state index in [1.807, 2.05) is 72.8 Å². The fraction of sp³-hybridized carbons (Fsp3) is 0.105. The highest BCUT2D eigenvalue weighted by Gasteiger charge is 1.99. The minimum absolute atomic E-state index is 0.447. The highest BCUT2D eigenvalue weighted by Crippen LogP contribution is 2.14. The van der Waals surface area contributed by atoms with Gasteiger partial charge in [0.05, 0.1) is 11.9 Å². The molecule has 0 aliphatic rings. The Morgan fingerprint density at radius 1 is 0.636 bits per heavy atom. The molecule has 0 bridgehead atoms. The molecule has 3 aromatic rings. The van der Waals surface area contributed by atoms with Crippen molar-refractivity contribution in [2.24, 2.45) is 0 Å². The summed E-state index contributed by atoms with van der Waals surface area (Å²) in [6.45, 7) is 0.991. The maximum atomic E-state index is 5.71. The average Bonchev–Trinajstić information content (AvgIpc) is 2.61. The van der Waals surface area contributed by atoms with E-state index < -0.39 is 0 Å². The number of hydrogen-bond donors (Lipinski definition) is 0. The molecule has 0 amide bonds. The summed E-state index contributed by atoms with van der Waals surface area (Å²) in [5, 5.41) is 0. The molecule has 1 heterocycles. The van der Waals surface area contributed by atoms with Crippen molar-refractivity contribution >= 4 is 0 Å². The first kappa shape index (κ1) is 14.1. The van der Waals surface area contributed by atoms with E-state index in [-0.39, 0.29) is 0 Å². The summed E-state index contributed by atoms with van der Waals surface area (Å²) < 4.78 is 11.4. The lowest BCUT2D eigenvalue weighted by Gasteiger charge is -2.08. The summed E-state index contributed by atoms with van der Waals surface area (Å²) in [7, 11) is 0. The molecular weight excluding hydrogens is 274 g/mol. The monoisotopic (exact) mass is 291 g/mol. The largest absolute Gasteiger partial charge is 0.487 e. The maximum Gasteiger partial charge on any atom is 0.138 e. The van der Waals surface area contributed by atoms with Crippen molar-refractivity contribution in [2.75, 3.05) is 0 Å². The van der Waals surface area contributed by atoms with Gasteiger partial charge in [-0.25, -0.2) is 0 Å². The van der Waals surface area contributed by atoms with Crippen LogP contribution in [0.25, 0.3) is 0 Å². The number of hydrogen-bond acceptors (Lipinski definition) is 3. The summed E-state index contributed by atoms with van der Waals surface area (Å²) in [6, 6.07) is 23.6. The molecule has 3 nitrogen and oxygen atoms in total. The molecule has 0 unspecified atom stereocenters.